The fourth-order valence-corrected chi connectivity index (χ4v) is 0.982. The lowest BCUT2D eigenvalue weighted by Gasteiger charge is -2.14. The molecule has 0 unspecified atom stereocenters. The number of rotatable bonds is 5. The fraction of sp³-hybridized carbons (Fsp3) is 0.667. The number of hydrogen-bond acceptors (Lipinski definition) is 7. The first-order valence-corrected chi connectivity index (χ1v) is 5.11. The Morgan fingerprint density at radius 1 is 1.44 bits per heavy atom. The summed E-state index contributed by atoms with van der Waals surface area (Å²) in [6.45, 7) is 4.12. The molecule has 1 heterocycles. The van der Waals surface area contributed by atoms with Crippen LogP contribution < -0.4 is 20.9 Å². The van der Waals surface area contributed by atoms with Gasteiger partial charge in [-0.2, -0.15) is 15.0 Å². The standard InChI is InChI=1S/C9H18N6O/c1-5-6(2)11-7-12-8(15(3)10)14-9(13-7)16-4/h6H,5,10H2,1-4H3,(H,11,12,13,14)/t6-/m1/s1. The first-order valence-electron chi connectivity index (χ1n) is 5.11. The van der Waals surface area contributed by atoms with Gasteiger partial charge < -0.3 is 10.1 Å². The van der Waals surface area contributed by atoms with Gasteiger partial charge in [0.2, 0.25) is 11.9 Å². The molecule has 0 amide bonds. The zero-order valence-electron chi connectivity index (χ0n) is 10.1. The van der Waals surface area contributed by atoms with E-state index in [-0.39, 0.29) is 12.1 Å². The van der Waals surface area contributed by atoms with Crippen LogP contribution >= 0.6 is 0 Å². The third kappa shape index (κ3) is 3.20. The van der Waals surface area contributed by atoms with Gasteiger partial charge in [-0.25, -0.2) is 5.84 Å². The molecule has 1 atom stereocenters. The third-order valence-corrected chi connectivity index (χ3v) is 2.09. The van der Waals surface area contributed by atoms with Crippen molar-refractivity contribution in [2.75, 3.05) is 24.5 Å². The van der Waals surface area contributed by atoms with Gasteiger partial charge in [0.15, 0.2) is 0 Å². The lowest BCUT2D eigenvalue weighted by molar-refractivity contribution is 0.378. The molecule has 0 aromatic carbocycles. The molecule has 90 valence electrons. The number of hydrogen-bond donors (Lipinski definition) is 2. The van der Waals surface area contributed by atoms with Gasteiger partial charge in [-0.05, 0) is 13.3 Å². The summed E-state index contributed by atoms with van der Waals surface area (Å²) >= 11 is 0. The van der Waals surface area contributed by atoms with Gasteiger partial charge in [-0.3, -0.25) is 5.01 Å². The smallest absolute Gasteiger partial charge is 0.322 e. The van der Waals surface area contributed by atoms with E-state index in [2.05, 4.69) is 27.2 Å². The Hall–Kier alpha value is -1.63. The van der Waals surface area contributed by atoms with Crippen molar-refractivity contribution < 1.29 is 4.74 Å². The van der Waals surface area contributed by atoms with Crippen LogP contribution in [-0.2, 0) is 0 Å². The van der Waals surface area contributed by atoms with Crippen molar-refractivity contribution in [2.24, 2.45) is 5.84 Å². The topological polar surface area (TPSA) is 89.2 Å². The van der Waals surface area contributed by atoms with E-state index in [1.54, 1.807) is 7.05 Å². The van der Waals surface area contributed by atoms with Gasteiger partial charge in [0.05, 0.1) is 7.11 Å². The second kappa shape index (κ2) is 5.45. The van der Waals surface area contributed by atoms with Crippen LogP contribution in [0.3, 0.4) is 0 Å². The number of aromatic nitrogens is 3. The van der Waals surface area contributed by atoms with Gasteiger partial charge in [0.1, 0.15) is 0 Å². The maximum absolute atomic E-state index is 5.57. The molecular weight excluding hydrogens is 208 g/mol. The predicted molar refractivity (Wildman–Crippen MR) is 62.3 cm³/mol. The van der Waals surface area contributed by atoms with Crippen LogP contribution in [0.2, 0.25) is 0 Å². The van der Waals surface area contributed by atoms with Crippen LogP contribution in [0, 0.1) is 0 Å². The van der Waals surface area contributed by atoms with E-state index in [9.17, 15) is 0 Å². The zero-order chi connectivity index (χ0) is 12.1. The average molecular weight is 226 g/mol. The van der Waals surface area contributed by atoms with E-state index in [0.717, 1.165) is 6.42 Å². The Labute approximate surface area is 95.0 Å². The Morgan fingerprint density at radius 2 is 2.12 bits per heavy atom. The molecule has 0 fully saturated rings. The number of nitrogens with one attached hydrogen (secondary N) is 1. The van der Waals surface area contributed by atoms with Crippen LogP contribution in [-0.4, -0.2) is 35.2 Å². The number of anilines is 2. The Balaban J connectivity index is 2.95. The van der Waals surface area contributed by atoms with Crippen LogP contribution in [0.1, 0.15) is 20.3 Å². The molecule has 7 heteroatoms. The molecule has 7 nitrogen and oxygen atoms in total. The van der Waals surface area contributed by atoms with Gasteiger partial charge in [0, 0.05) is 13.1 Å². The van der Waals surface area contributed by atoms with Gasteiger partial charge in [0.25, 0.3) is 0 Å². The highest BCUT2D eigenvalue weighted by Gasteiger charge is 2.09. The summed E-state index contributed by atoms with van der Waals surface area (Å²) in [5.74, 6) is 6.39. The SMILES string of the molecule is CC[C@@H](C)Nc1nc(OC)nc(N(C)N)n1. The minimum Gasteiger partial charge on any atom is -0.467 e. The zero-order valence-corrected chi connectivity index (χ0v) is 10.1. The molecule has 0 bridgehead atoms. The largest absolute Gasteiger partial charge is 0.467 e. The summed E-state index contributed by atoms with van der Waals surface area (Å²) in [7, 11) is 3.16. The minimum absolute atomic E-state index is 0.244. The van der Waals surface area contributed by atoms with Crippen molar-refractivity contribution in [1.29, 1.82) is 0 Å². The highest BCUT2D eigenvalue weighted by atomic mass is 16.5. The lowest BCUT2D eigenvalue weighted by Crippen LogP contribution is -2.28. The van der Waals surface area contributed by atoms with Crippen molar-refractivity contribution in [3.8, 4) is 6.01 Å². The second-order valence-electron chi connectivity index (χ2n) is 3.51. The molecule has 0 aliphatic rings. The molecule has 16 heavy (non-hydrogen) atoms. The maximum atomic E-state index is 5.57. The minimum atomic E-state index is 0.244. The summed E-state index contributed by atoms with van der Waals surface area (Å²) in [6, 6.07) is 0.524. The van der Waals surface area contributed by atoms with Gasteiger partial charge in [-0.1, -0.05) is 6.92 Å². The quantitative estimate of drug-likeness (QED) is 0.555. The first-order chi connectivity index (χ1) is 7.56. The molecular formula is C9H18N6O. The first kappa shape index (κ1) is 12.4. The number of methoxy groups -OCH3 is 1. The molecule has 1 rings (SSSR count). The van der Waals surface area contributed by atoms with E-state index in [4.69, 9.17) is 10.6 Å². The van der Waals surface area contributed by atoms with Crippen molar-refractivity contribution >= 4 is 11.9 Å². The third-order valence-electron chi connectivity index (χ3n) is 2.09. The van der Waals surface area contributed by atoms with E-state index in [1.165, 1.54) is 12.1 Å². The van der Waals surface area contributed by atoms with Crippen LogP contribution in [0.4, 0.5) is 11.9 Å². The number of hydrazine groups is 1. The van der Waals surface area contributed by atoms with Crippen molar-refractivity contribution in [3.05, 3.63) is 0 Å². The second-order valence-corrected chi connectivity index (χ2v) is 3.51. The monoisotopic (exact) mass is 226 g/mol. The molecule has 0 saturated heterocycles. The van der Waals surface area contributed by atoms with Crippen LogP contribution in [0.15, 0.2) is 0 Å². The summed E-state index contributed by atoms with van der Waals surface area (Å²) in [5.41, 5.74) is 0. The Kier molecular flexibility index (Phi) is 4.24. The molecule has 0 aliphatic heterocycles. The van der Waals surface area contributed by atoms with Crippen LogP contribution in [0.5, 0.6) is 6.01 Å². The summed E-state index contributed by atoms with van der Waals surface area (Å²) in [6.07, 6.45) is 0.974. The maximum Gasteiger partial charge on any atom is 0.322 e. The van der Waals surface area contributed by atoms with E-state index < -0.39 is 0 Å². The summed E-state index contributed by atoms with van der Waals surface area (Å²) < 4.78 is 4.98. The van der Waals surface area contributed by atoms with Crippen molar-refractivity contribution in [2.45, 2.75) is 26.3 Å². The molecule has 3 N–H and O–H groups in total. The van der Waals surface area contributed by atoms with Crippen molar-refractivity contribution in [3.63, 3.8) is 0 Å². The Bertz CT molecular complexity index is 343. The van der Waals surface area contributed by atoms with Crippen molar-refractivity contribution in [1.82, 2.24) is 15.0 Å². The van der Waals surface area contributed by atoms with E-state index >= 15 is 0 Å². The molecule has 1 aromatic heterocycles. The summed E-state index contributed by atoms with van der Waals surface area (Å²) in [5, 5.41) is 4.45. The van der Waals surface area contributed by atoms with E-state index in [1.807, 2.05) is 6.92 Å². The molecule has 1 aromatic rings. The fourth-order valence-electron chi connectivity index (χ4n) is 0.982. The Morgan fingerprint density at radius 3 is 2.62 bits per heavy atom. The van der Waals surface area contributed by atoms with Gasteiger partial charge in [-0.15, -0.1) is 0 Å². The number of ether oxygens (including phenoxy) is 1. The number of nitrogens with zero attached hydrogens (tertiary/aromatic N) is 4. The predicted octanol–water partition coefficient (Wildman–Crippen LogP) is 0.400. The molecule has 0 saturated carbocycles. The normalized spacial score (nSPS) is 12.1. The van der Waals surface area contributed by atoms with Gasteiger partial charge >= 0.3 is 6.01 Å². The lowest BCUT2D eigenvalue weighted by atomic mass is 10.3. The highest BCUT2D eigenvalue weighted by Crippen LogP contribution is 2.12. The highest BCUT2D eigenvalue weighted by molar-refractivity contribution is 5.36. The molecule has 0 radical (unpaired) electrons. The molecule has 0 aliphatic carbocycles. The summed E-state index contributed by atoms with van der Waals surface area (Å²) in [4.78, 5) is 12.2. The molecule has 0 spiro atoms. The van der Waals surface area contributed by atoms with Crippen LogP contribution in [0.25, 0.3) is 0 Å². The number of nitrogens with two attached hydrogens (primary N) is 1. The average Bonchev–Trinajstić information content (AvgIpc) is 2.28. The van der Waals surface area contributed by atoms with E-state index in [0.29, 0.717) is 11.9 Å².